The van der Waals surface area contributed by atoms with Crippen molar-refractivity contribution in [3.8, 4) is 0 Å². The summed E-state index contributed by atoms with van der Waals surface area (Å²) in [6.45, 7) is 5.04. The number of nitrogens with two attached hydrogens (primary N) is 1. The van der Waals surface area contributed by atoms with Crippen LogP contribution in [0.5, 0.6) is 0 Å². The maximum atomic E-state index is 12.8. The van der Waals surface area contributed by atoms with Gasteiger partial charge in [0.2, 0.25) is 0 Å². The zero-order chi connectivity index (χ0) is 14.8. The number of hydrogen-bond donors (Lipinski definition) is 1. The molecule has 0 aliphatic heterocycles. The van der Waals surface area contributed by atoms with Crippen LogP contribution >= 0.6 is 11.3 Å². The lowest BCUT2D eigenvalue weighted by atomic mass is 10.0. The topological polar surface area (TPSA) is 63.4 Å². The summed E-state index contributed by atoms with van der Waals surface area (Å²) in [7, 11) is -3.37. The molecule has 20 heavy (non-hydrogen) atoms. The maximum absolute atomic E-state index is 12.8. The molecule has 0 aromatic carbocycles. The van der Waals surface area contributed by atoms with Crippen molar-refractivity contribution in [2.75, 3.05) is 13.1 Å². The van der Waals surface area contributed by atoms with E-state index in [0.29, 0.717) is 23.2 Å². The minimum atomic E-state index is -3.37. The molecule has 1 saturated carbocycles. The Bertz CT molecular complexity index is 539. The summed E-state index contributed by atoms with van der Waals surface area (Å²) in [5, 5.41) is 0. The first kappa shape index (κ1) is 15.9. The lowest BCUT2D eigenvalue weighted by molar-refractivity contribution is 0.276. The fraction of sp³-hybridized carbons (Fsp3) is 0.714. The molecule has 6 heteroatoms. The van der Waals surface area contributed by atoms with Gasteiger partial charge in [0.25, 0.3) is 10.0 Å². The Kier molecular flexibility index (Phi) is 5.23. The highest BCUT2D eigenvalue weighted by Gasteiger charge is 2.37. The molecule has 0 bridgehead atoms. The first-order chi connectivity index (χ1) is 9.54. The van der Waals surface area contributed by atoms with Gasteiger partial charge in [-0.15, -0.1) is 11.3 Å². The molecule has 2 unspecified atom stereocenters. The average molecular weight is 316 g/mol. The number of nitrogens with zero attached hydrogens (tertiary/aromatic N) is 1. The van der Waals surface area contributed by atoms with Gasteiger partial charge >= 0.3 is 0 Å². The van der Waals surface area contributed by atoms with Crippen molar-refractivity contribution in [3.05, 3.63) is 17.0 Å². The van der Waals surface area contributed by atoms with Crippen LogP contribution in [0.1, 0.15) is 38.0 Å². The molecule has 2 rings (SSSR count). The molecule has 1 heterocycles. The predicted molar refractivity (Wildman–Crippen MR) is 83.4 cm³/mol. The molecular weight excluding hydrogens is 292 g/mol. The number of thiophene rings is 1. The van der Waals surface area contributed by atoms with Crippen LogP contribution in [0.15, 0.2) is 16.3 Å². The van der Waals surface area contributed by atoms with Gasteiger partial charge in [-0.1, -0.05) is 20.3 Å². The number of aryl methyl sites for hydroxylation is 1. The van der Waals surface area contributed by atoms with Crippen LogP contribution in [0.3, 0.4) is 0 Å². The van der Waals surface area contributed by atoms with Gasteiger partial charge in [0, 0.05) is 17.5 Å². The molecule has 1 aromatic heterocycles. The lowest BCUT2D eigenvalue weighted by Crippen LogP contribution is -2.43. The van der Waals surface area contributed by atoms with E-state index >= 15 is 0 Å². The van der Waals surface area contributed by atoms with E-state index in [0.717, 1.165) is 30.6 Å². The Hall–Kier alpha value is -0.430. The second-order valence-electron chi connectivity index (χ2n) is 5.28. The fourth-order valence-electron chi connectivity index (χ4n) is 3.06. The zero-order valence-electron chi connectivity index (χ0n) is 12.2. The molecule has 0 spiro atoms. The molecule has 0 amide bonds. The number of sulfonamides is 1. The molecule has 4 nitrogen and oxygen atoms in total. The van der Waals surface area contributed by atoms with Crippen LogP contribution in [-0.2, 0) is 16.4 Å². The van der Waals surface area contributed by atoms with Gasteiger partial charge in [-0.3, -0.25) is 0 Å². The molecule has 0 radical (unpaired) electrons. The maximum Gasteiger partial charge on any atom is 0.252 e. The van der Waals surface area contributed by atoms with Crippen LogP contribution in [0.25, 0.3) is 0 Å². The summed E-state index contributed by atoms with van der Waals surface area (Å²) in [6, 6.07) is 3.73. The van der Waals surface area contributed by atoms with Crippen molar-refractivity contribution in [1.29, 1.82) is 0 Å². The quantitative estimate of drug-likeness (QED) is 0.877. The summed E-state index contributed by atoms with van der Waals surface area (Å²) in [5.74, 6) is 0.301. The number of hydrogen-bond acceptors (Lipinski definition) is 4. The molecular formula is C14H24N2O2S2. The van der Waals surface area contributed by atoms with Crippen molar-refractivity contribution >= 4 is 21.4 Å². The Morgan fingerprint density at radius 3 is 2.65 bits per heavy atom. The normalized spacial score (nSPS) is 23.6. The molecule has 1 aliphatic carbocycles. The highest BCUT2D eigenvalue weighted by molar-refractivity contribution is 7.91. The van der Waals surface area contributed by atoms with E-state index in [4.69, 9.17) is 5.73 Å². The average Bonchev–Trinajstić information content (AvgIpc) is 3.08. The minimum absolute atomic E-state index is 0.0715. The molecule has 1 fully saturated rings. The largest absolute Gasteiger partial charge is 0.330 e. The van der Waals surface area contributed by atoms with Crippen LogP contribution in [-0.4, -0.2) is 31.9 Å². The summed E-state index contributed by atoms with van der Waals surface area (Å²) in [5.41, 5.74) is 5.81. The smallest absolute Gasteiger partial charge is 0.252 e. The second-order valence-corrected chi connectivity index (χ2v) is 8.56. The standard InChI is InChI=1S/C14H24N2O2S2/c1-3-12-8-9-14(19-12)20(17,18)16(4-2)13-7-5-6-11(13)10-15/h8-9,11,13H,3-7,10,15H2,1-2H3. The summed E-state index contributed by atoms with van der Waals surface area (Å²) < 4.78 is 27.8. The first-order valence-electron chi connectivity index (χ1n) is 7.35. The zero-order valence-corrected chi connectivity index (χ0v) is 13.8. The lowest BCUT2D eigenvalue weighted by Gasteiger charge is -2.30. The highest BCUT2D eigenvalue weighted by atomic mass is 32.2. The molecule has 0 saturated heterocycles. The molecule has 1 aliphatic rings. The first-order valence-corrected chi connectivity index (χ1v) is 9.60. The van der Waals surface area contributed by atoms with Crippen LogP contribution in [0.2, 0.25) is 0 Å². The van der Waals surface area contributed by atoms with Crippen molar-refractivity contribution in [2.45, 2.75) is 49.8 Å². The Labute approximate surface area is 126 Å². The van der Waals surface area contributed by atoms with E-state index in [9.17, 15) is 8.42 Å². The Balaban J connectivity index is 2.29. The SMILES string of the molecule is CCc1ccc(S(=O)(=O)N(CC)C2CCCC2CN)s1. The summed E-state index contributed by atoms with van der Waals surface area (Å²) >= 11 is 1.39. The number of rotatable bonds is 6. The molecule has 1 aromatic rings. The third kappa shape index (κ3) is 2.93. The highest BCUT2D eigenvalue weighted by Crippen LogP contribution is 2.34. The van der Waals surface area contributed by atoms with Crippen molar-refractivity contribution in [2.24, 2.45) is 11.7 Å². The van der Waals surface area contributed by atoms with E-state index in [1.54, 1.807) is 10.4 Å². The molecule has 114 valence electrons. The minimum Gasteiger partial charge on any atom is -0.330 e. The Morgan fingerprint density at radius 1 is 1.35 bits per heavy atom. The van der Waals surface area contributed by atoms with Gasteiger partial charge < -0.3 is 5.73 Å². The predicted octanol–water partition coefficient (Wildman–Crippen LogP) is 2.45. The van der Waals surface area contributed by atoms with Gasteiger partial charge in [0.15, 0.2) is 0 Å². The second kappa shape index (κ2) is 6.56. The molecule has 2 atom stereocenters. The van der Waals surface area contributed by atoms with E-state index in [1.165, 1.54) is 11.3 Å². The van der Waals surface area contributed by atoms with Crippen molar-refractivity contribution in [1.82, 2.24) is 4.31 Å². The van der Waals surface area contributed by atoms with E-state index in [2.05, 4.69) is 0 Å². The fourth-order valence-corrected chi connectivity index (χ4v) is 6.21. The van der Waals surface area contributed by atoms with Gasteiger partial charge in [0.05, 0.1) is 0 Å². The van der Waals surface area contributed by atoms with Gasteiger partial charge in [-0.25, -0.2) is 8.42 Å². The van der Waals surface area contributed by atoms with Crippen LogP contribution in [0, 0.1) is 5.92 Å². The Morgan fingerprint density at radius 2 is 2.10 bits per heavy atom. The van der Waals surface area contributed by atoms with E-state index in [1.807, 2.05) is 19.9 Å². The third-order valence-corrected chi connectivity index (χ3v) is 7.85. The monoisotopic (exact) mass is 316 g/mol. The van der Waals surface area contributed by atoms with Crippen LogP contribution < -0.4 is 5.73 Å². The van der Waals surface area contributed by atoms with Crippen molar-refractivity contribution in [3.63, 3.8) is 0 Å². The van der Waals surface area contributed by atoms with Gasteiger partial charge in [-0.2, -0.15) is 4.31 Å². The third-order valence-electron chi connectivity index (χ3n) is 4.15. The van der Waals surface area contributed by atoms with Crippen LogP contribution in [0.4, 0.5) is 0 Å². The van der Waals surface area contributed by atoms with Crippen molar-refractivity contribution < 1.29 is 8.42 Å². The van der Waals surface area contributed by atoms with Gasteiger partial charge in [0.1, 0.15) is 4.21 Å². The summed E-state index contributed by atoms with van der Waals surface area (Å²) in [4.78, 5) is 1.11. The van der Waals surface area contributed by atoms with Gasteiger partial charge in [-0.05, 0) is 43.9 Å². The van der Waals surface area contributed by atoms with E-state index in [-0.39, 0.29) is 6.04 Å². The van der Waals surface area contributed by atoms with E-state index < -0.39 is 10.0 Å². The molecule has 2 N–H and O–H groups in total. The summed E-state index contributed by atoms with van der Waals surface area (Å²) in [6.07, 6.45) is 3.92.